The topological polar surface area (TPSA) is 61.5 Å². The van der Waals surface area contributed by atoms with Crippen molar-refractivity contribution in [3.05, 3.63) is 66.0 Å². The van der Waals surface area contributed by atoms with E-state index in [9.17, 15) is 0 Å². The third kappa shape index (κ3) is 5.34. The van der Waals surface area contributed by atoms with Gasteiger partial charge in [-0.15, -0.1) is 10.2 Å². The largest absolute Gasteiger partial charge is 0.493 e. The Balaban J connectivity index is 1.70. The van der Waals surface area contributed by atoms with Crippen LogP contribution in [0, 0.1) is 0 Å². The summed E-state index contributed by atoms with van der Waals surface area (Å²) >= 11 is 1.59. The molecular weight excluding hydrogens is 360 g/mol. The molecule has 0 radical (unpaired) electrons. The van der Waals surface area contributed by atoms with E-state index in [1.165, 1.54) is 5.56 Å². The molecule has 7 heteroatoms. The second kappa shape index (κ2) is 9.23. The Bertz CT molecular complexity index is 894. The van der Waals surface area contributed by atoms with Crippen LogP contribution in [0.1, 0.15) is 25.0 Å². The van der Waals surface area contributed by atoms with Crippen molar-refractivity contribution in [3.8, 4) is 11.5 Å². The molecule has 6 nitrogen and oxygen atoms in total. The Morgan fingerprint density at radius 1 is 1.15 bits per heavy atom. The standard InChI is InChI=1S/C20H22N4O2S/c1-15(2)26-18-10-9-17(11-19(18)25-3)12-22-24-14-21-23-20(24)27-13-16-7-5-4-6-8-16/h4-12,14-15H,13H2,1-3H3/b22-12+. The summed E-state index contributed by atoms with van der Waals surface area (Å²) in [5, 5.41) is 13.3. The second-order valence-corrected chi connectivity index (χ2v) is 7.00. The highest BCUT2D eigenvalue weighted by molar-refractivity contribution is 7.98. The van der Waals surface area contributed by atoms with Gasteiger partial charge in [0.25, 0.3) is 0 Å². The van der Waals surface area contributed by atoms with Crippen molar-refractivity contribution in [2.24, 2.45) is 5.10 Å². The van der Waals surface area contributed by atoms with Crippen molar-refractivity contribution in [1.29, 1.82) is 0 Å². The van der Waals surface area contributed by atoms with E-state index < -0.39 is 0 Å². The first-order valence-electron chi connectivity index (χ1n) is 8.61. The maximum atomic E-state index is 5.74. The fourth-order valence-electron chi connectivity index (χ4n) is 2.36. The molecule has 0 aliphatic rings. The van der Waals surface area contributed by atoms with E-state index in [1.54, 1.807) is 36.1 Å². The predicted molar refractivity (Wildman–Crippen MR) is 108 cm³/mol. The summed E-state index contributed by atoms with van der Waals surface area (Å²) in [5.74, 6) is 2.20. The SMILES string of the molecule is COc1cc(/C=N/n2cnnc2SCc2ccccc2)ccc1OC(C)C. The molecule has 0 saturated heterocycles. The van der Waals surface area contributed by atoms with Crippen molar-refractivity contribution in [2.75, 3.05) is 7.11 Å². The lowest BCUT2D eigenvalue weighted by Gasteiger charge is -2.13. The number of ether oxygens (including phenoxy) is 2. The van der Waals surface area contributed by atoms with E-state index in [-0.39, 0.29) is 6.10 Å². The van der Waals surface area contributed by atoms with Gasteiger partial charge in [-0.1, -0.05) is 42.1 Å². The van der Waals surface area contributed by atoms with Gasteiger partial charge >= 0.3 is 0 Å². The van der Waals surface area contributed by atoms with Crippen LogP contribution in [-0.2, 0) is 5.75 Å². The Morgan fingerprint density at radius 3 is 2.70 bits per heavy atom. The van der Waals surface area contributed by atoms with Crippen LogP contribution < -0.4 is 9.47 Å². The zero-order chi connectivity index (χ0) is 19.1. The number of hydrogen-bond donors (Lipinski definition) is 0. The van der Waals surface area contributed by atoms with Crippen LogP contribution >= 0.6 is 11.8 Å². The van der Waals surface area contributed by atoms with E-state index in [0.29, 0.717) is 11.5 Å². The normalized spacial score (nSPS) is 11.3. The van der Waals surface area contributed by atoms with E-state index >= 15 is 0 Å². The Hall–Kier alpha value is -2.80. The molecule has 140 valence electrons. The Kier molecular flexibility index (Phi) is 6.49. The number of rotatable bonds is 8. The molecule has 2 aromatic carbocycles. The molecule has 0 saturated carbocycles. The molecule has 0 aliphatic heterocycles. The van der Waals surface area contributed by atoms with Crippen LogP contribution in [0.15, 0.2) is 65.1 Å². The first-order chi connectivity index (χ1) is 13.2. The Morgan fingerprint density at radius 2 is 1.96 bits per heavy atom. The van der Waals surface area contributed by atoms with Gasteiger partial charge in [0.05, 0.1) is 19.4 Å². The van der Waals surface area contributed by atoms with Gasteiger partial charge < -0.3 is 9.47 Å². The highest BCUT2D eigenvalue weighted by atomic mass is 32.2. The Labute approximate surface area is 163 Å². The molecule has 0 bridgehead atoms. The molecule has 3 aromatic rings. The summed E-state index contributed by atoms with van der Waals surface area (Å²) in [4.78, 5) is 0. The monoisotopic (exact) mass is 382 g/mol. The maximum absolute atomic E-state index is 5.74. The predicted octanol–water partition coefficient (Wildman–Crippen LogP) is 4.25. The lowest BCUT2D eigenvalue weighted by Crippen LogP contribution is -2.06. The average Bonchev–Trinajstić information content (AvgIpc) is 3.13. The third-order valence-corrected chi connectivity index (χ3v) is 4.60. The summed E-state index contributed by atoms with van der Waals surface area (Å²) < 4.78 is 12.8. The molecule has 0 spiro atoms. The van der Waals surface area contributed by atoms with E-state index in [0.717, 1.165) is 16.5 Å². The molecule has 0 aliphatic carbocycles. The lowest BCUT2D eigenvalue weighted by molar-refractivity contribution is 0.230. The average molecular weight is 382 g/mol. The third-order valence-electron chi connectivity index (χ3n) is 3.59. The molecule has 27 heavy (non-hydrogen) atoms. The van der Waals surface area contributed by atoms with Gasteiger partial charge in [0, 0.05) is 5.75 Å². The summed E-state index contributed by atoms with van der Waals surface area (Å²) in [6.45, 7) is 3.96. The highest BCUT2D eigenvalue weighted by Gasteiger charge is 2.08. The van der Waals surface area contributed by atoms with E-state index in [4.69, 9.17) is 9.47 Å². The summed E-state index contributed by atoms with van der Waals surface area (Å²) in [6.07, 6.45) is 3.43. The molecule has 1 heterocycles. The van der Waals surface area contributed by atoms with Crippen molar-refractivity contribution in [1.82, 2.24) is 14.9 Å². The van der Waals surface area contributed by atoms with Gasteiger partial charge in [-0.25, -0.2) is 0 Å². The molecule has 0 atom stereocenters. The van der Waals surface area contributed by atoms with Crippen molar-refractivity contribution in [2.45, 2.75) is 30.9 Å². The van der Waals surface area contributed by atoms with Gasteiger partial charge in [0.2, 0.25) is 5.16 Å². The summed E-state index contributed by atoms with van der Waals surface area (Å²) in [7, 11) is 1.63. The summed E-state index contributed by atoms with van der Waals surface area (Å²) in [6, 6.07) is 15.9. The number of thioether (sulfide) groups is 1. The molecule has 0 unspecified atom stereocenters. The van der Waals surface area contributed by atoms with Gasteiger partial charge in [-0.05, 0) is 43.2 Å². The fourth-order valence-corrected chi connectivity index (χ4v) is 3.18. The van der Waals surface area contributed by atoms with Crippen LogP contribution in [0.25, 0.3) is 0 Å². The maximum Gasteiger partial charge on any atom is 0.212 e. The second-order valence-electron chi connectivity index (χ2n) is 6.05. The number of hydrogen-bond acceptors (Lipinski definition) is 6. The van der Waals surface area contributed by atoms with Gasteiger partial charge in [-0.3, -0.25) is 0 Å². The molecule has 1 aromatic heterocycles. The van der Waals surface area contributed by atoms with Crippen LogP contribution in [0.2, 0.25) is 0 Å². The number of nitrogens with zero attached hydrogens (tertiary/aromatic N) is 4. The van der Waals surface area contributed by atoms with Crippen LogP contribution in [0.4, 0.5) is 0 Å². The van der Waals surface area contributed by atoms with E-state index in [2.05, 4.69) is 27.4 Å². The minimum Gasteiger partial charge on any atom is -0.493 e. The molecule has 0 N–H and O–H groups in total. The molecule has 0 amide bonds. The van der Waals surface area contributed by atoms with Crippen LogP contribution in [-0.4, -0.2) is 34.3 Å². The quantitative estimate of drug-likeness (QED) is 0.431. The van der Waals surface area contributed by atoms with Crippen LogP contribution in [0.5, 0.6) is 11.5 Å². The minimum atomic E-state index is 0.0830. The van der Waals surface area contributed by atoms with Gasteiger partial charge in [-0.2, -0.15) is 9.78 Å². The zero-order valence-corrected chi connectivity index (χ0v) is 16.4. The number of benzene rings is 2. The van der Waals surface area contributed by atoms with Crippen molar-refractivity contribution in [3.63, 3.8) is 0 Å². The van der Waals surface area contributed by atoms with Crippen molar-refractivity contribution >= 4 is 18.0 Å². The fraction of sp³-hybridized carbons (Fsp3) is 0.250. The number of aromatic nitrogens is 3. The minimum absolute atomic E-state index is 0.0830. The summed E-state index contributed by atoms with van der Waals surface area (Å²) in [5.41, 5.74) is 2.13. The highest BCUT2D eigenvalue weighted by Crippen LogP contribution is 2.28. The first-order valence-corrected chi connectivity index (χ1v) is 9.60. The first kappa shape index (κ1) is 19.0. The van der Waals surface area contributed by atoms with Crippen LogP contribution in [0.3, 0.4) is 0 Å². The molecular formula is C20H22N4O2S. The lowest BCUT2D eigenvalue weighted by atomic mass is 10.2. The zero-order valence-electron chi connectivity index (χ0n) is 15.6. The van der Waals surface area contributed by atoms with Gasteiger partial charge in [0.1, 0.15) is 6.33 Å². The molecule has 0 fully saturated rings. The number of methoxy groups -OCH3 is 1. The van der Waals surface area contributed by atoms with Crippen molar-refractivity contribution < 1.29 is 9.47 Å². The van der Waals surface area contributed by atoms with E-state index in [1.807, 2.05) is 50.2 Å². The van der Waals surface area contributed by atoms with Gasteiger partial charge in [0.15, 0.2) is 11.5 Å². The smallest absolute Gasteiger partial charge is 0.212 e. The molecule has 3 rings (SSSR count).